The molecule has 0 spiro atoms. The molecule has 3 heterocycles. The Hall–Kier alpha value is -4.05. The molecule has 182 valence electrons. The van der Waals surface area contributed by atoms with Crippen molar-refractivity contribution in [2.75, 3.05) is 50.6 Å². The Morgan fingerprint density at radius 2 is 1.74 bits per heavy atom. The van der Waals surface area contributed by atoms with Crippen molar-refractivity contribution < 1.29 is 9.47 Å². The van der Waals surface area contributed by atoms with Crippen LogP contribution in [0.1, 0.15) is 11.3 Å². The van der Waals surface area contributed by atoms with Crippen molar-refractivity contribution in [1.82, 2.24) is 24.5 Å². The predicted molar refractivity (Wildman–Crippen MR) is 134 cm³/mol. The van der Waals surface area contributed by atoms with E-state index < -0.39 is 0 Å². The van der Waals surface area contributed by atoms with Gasteiger partial charge in [0, 0.05) is 45.3 Å². The van der Waals surface area contributed by atoms with Crippen LogP contribution < -0.4 is 25.2 Å². The first-order valence-corrected chi connectivity index (χ1v) is 11.6. The normalized spacial score (nSPS) is 14.3. The molecule has 5 rings (SSSR count). The van der Waals surface area contributed by atoms with Gasteiger partial charge in [-0.25, -0.2) is 4.98 Å². The SMILES string of the molecule is COc1ccc(CNc2nc3nc(CN4CCN(c5ccccc5OC)CC4)cc(=O)n3[nH]2)cc1. The van der Waals surface area contributed by atoms with Crippen LogP contribution in [0.15, 0.2) is 59.4 Å². The molecule has 10 nitrogen and oxygen atoms in total. The number of hydrogen-bond donors (Lipinski definition) is 2. The highest BCUT2D eigenvalue weighted by atomic mass is 16.5. The molecular formula is C25H29N7O3. The summed E-state index contributed by atoms with van der Waals surface area (Å²) in [6, 6.07) is 17.4. The first-order chi connectivity index (χ1) is 17.1. The van der Waals surface area contributed by atoms with Crippen molar-refractivity contribution in [3.8, 4) is 11.5 Å². The Balaban J connectivity index is 1.22. The van der Waals surface area contributed by atoms with E-state index in [1.165, 1.54) is 4.52 Å². The van der Waals surface area contributed by atoms with Gasteiger partial charge in [0.15, 0.2) is 0 Å². The van der Waals surface area contributed by atoms with Gasteiger partial charge in [0.1, 0.15) is 11.5 Å². The van der Waals surface area contributed by atoms with E-state index in [9.17, 15) is 4.79 Å². The first-order valence-electron chi connectivity index (χ1n) is 11.6. The molecule has 0 bridgehead atoms. The zero-order chi connectivity index (χ0) is 24.2. The third-order valence-electron chi connectivity index (χ3n) is 6.19. The van der Waals surface area contributed by atoms with Gasteiger partial charge < -0.3 is 19.7 Å². The van der Waals surface area contributed by atoms with Crippen LogP contribution in [0.4, 0.5) is 11.6 Å². The molecule has 2 aromatic heterocycles. The van der Waals surface area contributed by atoms with Gasteiger partial charge in [0.25, 0.3) is 11.3 Å². The zero-order valence-electron chi connectivity index (χ0n) is 19.9. The summed E-state index contributed by atoms with van der Waals surface area (Å²) in [6.45, 7) is 4.66. The number of aromatic nitrogens is 4. The highest BCUT2D eigenvalue weighted by molar-refractivity contribution is 5.58. The molecule has 1 aliphatic heterocycles. The van der Waals surface area contributed by atoms with E-state index in [0.29, 0.717) is 30.5 Å². The van der Waals surface area contributed by atoms with Gasteiger partial charge in [-0.05, 0) is 29.8 Å². The number of aromatic amines is 1. The summed E-state index contributed by atoms with van der Waals surface area (Å²) in [5.74, 6) is 2.54. The Morgan fingerprint density at radius 3 is 2.49 bits per heavy atom. The van der Waals surface area contributed by atoms with Crippen LogP contribution in [0, 0.1) is 0 Å². The van der Waals surface area contributed by atoms with Crippen molar-refractivity contribution in [2.45, 2.75) is 13.1 Å². The molecular weight excluding hydrogens is 446 g/mol. The second kappa shape index (κ2) is 10.1. The van der Waals surface area contributed by atoms with Crippen molar-refractivity contribution in [2.24, 2.45) is 0 Å². The van der Waals surface area contributed by atoms with Crippen molar-refractivity contribution >= 4 is 17.4 Å². The molecule has 0 radical (unpaired) electrons. The lowest BCUT2D eigenvalue weighted by molar-refractivity contribution is 0.246. The lowest BCUT2D eigenvalue weighted by atomic mass is 10.2. The van der Waals surface area contributed by atoms with Crippen molar-refractivity contribution in [3.63, 3.8) is 0 Å². The fourth-order valence-electron chi connectivity index (χ4n) is 4.28. The van der Waals surface area contributed by atoms with Gasteiger partial charge in [0.2, 0.25) is 5.95 Å². The van der Waals surface area contributed by atoms with Gasteiger partial charge in [-0.3, -0.25) is 14.8 Å². The lowest BCUT2D eigenvalue weighted by Gasteiger charge is -2.36. The molecule has 0 aliphatic carbocycles. The van der Waals surface area contributed by atoms with E-state index in [1.54, 1.807) is 20.3 Å². The minimum atomic E-state index is -0.178. The zero-order valence-corrected chi connectivity index (χ0v) is 19.9. The highest BCUT2D eigenvalue weighted by Crippen LogP contribution is 2.28. The van der Waals surface area contributed by atoms with Crippen LogP contribution in [0.2, 0.25) is 0 Å². The van der Waals surface area contributed by atoms with E-state index in [0.717, 1.165) is 48.9 Å². The smallest absolute Gasteiger partial charge is 0.274 e. The number of benzene rings is 2. The van der Waals surface area contributed by atoms with E-state index in [4.69, 9.17) is 9.47 Å². The summed E-state index contributed by atoms with van der Waals surface area (Å²) in [7, 11) is 3.34. The van der Waals surface area contributed by atoms with Crippen molar-refractivity contribution in [1.29, 1.82) is 0 Å². The molecule has 1 saturated heterocycles. The topological polar surface area (TPSA) is 100 Å². The Morgan fingerprint density at radius 1 is 0.971 bits per heavy atom. The second-order valence-electron chi connectivity index (χ2n) is 8.43. The van der Waals surface area contributed by atoms with E-state index in [-0.39, 0.29) is 5.56 Å². The van der Waals surface area contributed by atoms with E-state index in [2.05, 4.69) is 36.2 Å². The number of piperazine rings is 1. The maximum atomic E-state index is 12.7. The molecule has 0 amide bonds. The van der Waals surface area contributed by atoms with Gasteiger partial charge in [-0.2, -0.15) is 9.50 Å². The number of rotatable bonds is 8. The summed E-state index contributed by atoms with van der Waals surface area (Å²) >= 11 is 0. The van der Waals surface area contributed by atoms with Crippen LogP contribution in [0.25, 0.3) is 5.78 Å². The summed E-state index contributed by atoms with van der Waals surface area (Å²) in [5, 5.41) is 6.20. The minimum Gasteiger partial charge on any atom is -0.497 e. The number of ether oxygens (including phenoxy) is 2. The second-order valence-corrected chi connectivity index (χ2v) is 8.43. The van der Waals surface area contributed by atoms with Crippen LogP contribution in [-0.4, -0.2) is 64.9 Å². The number of hydrogen-bond acceptors (Lipinski definition) is 8. The molecule has 1 fully saturated rings. The summed E-state index contributed by atoms with van der Waals surface area (Å²) in [4.78, 5) is 26.4. The molecule has 2 N–H and O–H groups in total. The molecule has 0 unspecified atom stereocenters. The molecule has 35 heavy (non-hydrogen) atoms. The molecule has 0 saturated carbocycles. The number of anilines is 2. The van der Waals surface area contributed by atoms with Gasteiger partial charge >= 0.3 is 0 Å². The number of fused-ring (bicyclic) bond motifs is 1. The standard InChI is InChI=1S/C25H29N7O3/c1-34-20-9-7-18(8-10-20)16-26-24-28-25-27-19(15-23(33)32(25)29-24)17-30-11-13-31(14-12-30)21-5-3-4-6-22(21)35-2/h3-10,15H,11-14,16-17H2,1-2H3,(H2,26,27,28,29). The Labute approximate surface area is 203 Å². The van der Waals surface area contributed by atoms with E-state index in [1.807, 2.05) is 42.5 Å². The maximum absolute atomic E-state index is 12.7. The third-order valence-corrected chi connectivity index (χ3v) is 6.19. The third kappa shape index (κ3) is 5.07. The number of nitrogens with one attached hydrogen (secondary N) is 2. The minimum absolute atomic E-state index is 0.178. The van der Waals surface area contributed by atoms with Gasteiger partial charge in [-0.1, -0.05) is 24.3 Å². The van der Waals surface area contributed by atoms with E-state index >= 15 is 0 Å². The number of para-hydroxylation sites is 2. The van der Waals surface area contributed by atoms with Crippen LogP contribution >= 0.6 is 0 Å². The summed E-state index contributed by atoms with van der Waals surface area (Å²) < 4.78 is 12.1. The van der Waals surface area contributed by atoms with Crippen LogP contribution in [-0.2, 0) is 13.1 Å². The summed E-state index contributed by atoms with van der Waals surface area (Å²) in [5.41, 5.74) is 2.72. The average molecular weight is 476 g/mol. The van der Waals surface area contributed by atoms with Gasteiger partial charge in [0.05, 0.1) is 25.6 Å². The lowest BCUT2D eigenvalue weighted by Crippen LogP contribution is -2.46. The van der Waals surface area contributed by atoms with Crippen molar-refractivity contribution in [3.05, 3.63) is 76.2 Å². The molecule has 0 atom stereocenters. The largest absolute Gasteiger partial charge is 0.497 e. The molecule has 2 aromatic carbocycles. The fourth-order valence-corrected chi connectivity index (χ4v) is 4.28. The number of nitrogens with zero attached hydrogens (tertiary/aromatic N) is 5. The van der Waals surface area contributed by atoms with Crippen LogP contribution in [0.5, 0.6) is 11.5 Å². The molecule has 1 aliphatic rings. The number of methoxy groups -OCH3 is 2. The molecule has 4 aromatic rings. The number of H-pyrrole nitrogens is 1. The average Bonchev–Trinajstić information content (AvgIpc) is 3.32. The Kier molecular flexibility index (Phi) is 6.53. The van der Waals surface area contributed by atoms with Crippen LogP contribution in [0.3, 0.4) is 0 Å². The monoisotopic (exact) mass is 475 g/mol. The summed E-state index contributed by atoms with van der Waals surface area (Å²) in [6.07, 6.45) is 0. The Bertz CT molecular complexity index is 1340. The quantitative estimate of drug-likeness (QED) is 0.401. The maximum Gasteiger partial charge on any atom is 0.274 e. The molecule has 10 heteroatoms. The predicted octanol–water partition coefficient (Wildman–Crippen LogP) is 2.37. The first kappa shape index (κ1) is 22.7. The van der Waals surface area contributed by atoms with Gasteiger partial charge in [-0.15, -0.1) is 0 Å². The highest BCUT2D eigenvalue weighted by Gasteiger charge is 2.20. The fraction of sp³-hybridized carbons (Fsp3) is 0.320.